The Balaban J connectivity index is 1.37. The summed E-state index contributed by atoms with van der Waals surface area (Å²) in [5, 5.41) is 2.82. The number of benzene rings is 2. The minimum absolute atomic E-state index is 0.770. The van der Waals surface area contributed by atoms with E-state index in [0.29, 0.717) is 0 Å². The van der Waals surface area contributed by atoms with Gasteiger partial charge in [-0.05, 0) is 93.5 Å². The smallest absolute Gasteiger partial charge is 0.0491 e. The first kappa shape index (κ1) is 22.9. The summed E-state index contributed by atoms with van der Waals surface area (Å²) >= 11 is 0. The molecule has 33 heavy (non-hydrogen) atoms. The molecule has 0 unspecified atom stereocenters. The molecule has 1 aromatic heterocycles. The number of nitrogens with two attached hydrogens (primary N) is 1. The summed E-state index contributed by atoms with van der Waals surface area (Å²) in [7, 11) is 0. The van der Waals surface area contributed by atoms with Crippen LogP contribution in [0.3, 0.4) is 0 Å². The van der Waals surface area contributed by atoms with Crippen LogP contribution in [0.2, 0.25) is 0 Å². The summed E-state index contributed by atoms with van der Waals surface area (Å²) < 4.78 is 2.46. The number of nitrogens with zero attached hydrogens (tertiary/aromatic N) is 2. The van der Waals surface area contributed by atoms with Crippen LogP contribution in [0.25, 0.3) is 21.8 Å². The van der Waals surface area contributed by atoms with Crippen molar-refractivity contribution in [2.24, 2.45) is 23.5 Å². The SMILES string of the molecule is CCn1c2ccccc2c2cc(CN(CC3CCCCC3)CC3CCC(CN)CC3)ccc21. The summed E-state index contributed by atoms with van der Waals surface area (Å²) in [6.07, 6.45) is 12.6. The number of hydrogen-bond acceptors (Lipinski definition) is 2. The second-order valence-corrected chi connectivity index (χ2v) is 10.9. The third kappa shape index (κ3) is 5.15. The molecule has 2 aliphatic carbocycles. The van der Waals surface area contributed by atoms with Crippen LogP contribution in [0.15, 0.2) is 42.5 Å². The number of aromatic nitrogens is 1. The van der Waals surface area contributed by atoms with Crippen molar-refractivity contribution >= 4 is 21.8 Å². The molecule has 2 N–H and O–H groups in total. The van der Waals surface area contributed by atoms with Crippen molar-refractivity contribution < 1.29 is 0 Å². The van der Waals surface area contributed by atoms with Crippen molar-refractivity contribution in [2.45, 2.75) is 77.8 Å². The molecule has 0 atom stereocenters. The van der Waals surface area contributed by atoms with Gasteiger partial charge in [-0.25, -0.2) is 0 Å². The Hall–Kier alpha value is -1.84. The van der Waals surface area contributed by atoms with Gasteiger partial charge >= 0.3 is 0 Å². The highest BCUT2D eigenvalue weighted by Gasteiger charge is 2.24. The Morgan fingerprint density at radius 1 is 0.788 bits per heavy atom. The highest BCUT2D eigenvalue weighted by Crippen LogP contribution is 2.33. The molecule has 0 bridgehead atoms. The van der Waals surface area contributed by atoms with Crippen molar-refractivity contribution in [1.29, 1.82) is 0 Å². The lowest BCUT2D eigenvalue weighted by Crippen LogP contribution is -2.36. The normalized spacial score (nSPS) is 22.5. The maximum atomic E-state index is 5.96. The fourth-order valence-electron chi connectivity index (χ4n) is 6.75. The molecule has 0 amide bonds. The topological polar surface area (TPSA) is 34.2 Å². The third-order valence-electron chi connectivity index (χ3n) is 8.62. The first-order valence-electron chi connectivity index (χ1n) is 13.7. The van der Waals surface area contributed by atoms with Gasteiger partial charge in [-0.15, -0.1) is 0 Å². The molecule has 0 radical (unpaired) electrons. The van der Waals surface area contributed by atoms with Crippen LogP contribution in [-0.2, 0) is 13.1 Å². The van der Waals surface area contributed by atoms with Gasteiger partial charge in [0.1, 0.15) is 0 Å². The van der Waals surface area contributed by atoms with Crippen molar-refractivity contribution in [2.75, 3.05) is 19.6 Å². The van der Waals surface area contributed by atoms with E-state index in [9.17, 15) is 0 Å². The van der Waals surface area contributed by atoms with Crippen LogP contribution >= 0.6 is 0 Å². The maximum absolute atomic E-state index is 5.96. The Morgan fingerprint density at radius 2 is 1.45 bits per heavy atom. The zero-order valence-corrected chi connectivity index (χ0v) is 20.6. The lowest BCUT2D eigenvalue weighted by molar-refractivity contribution is 0.143. The largest absolute Gasteiger partial charge is 0.341 e. The van der Waals surface area contributed by atoms with E-state index in [0.717, 1.165) is 37.4 Å². The minimum Gasteiger partial charge on any atom is -0.341 e. The minimum atomic E-state index is 0.770. The lowest BCUT2D eigenvalue weighted by atomic mass is 9.81. The van der Waals surface area contributed by atoms with Gasteiger partial charge in [-0.2, -0.15) is 0 Å². The standard InChI is InChI=1S/C30H43N3/c1-2-33-29-11-7-6-10-27(29)28-18-26(16-17-30(28)33)22-32(20-24-8-4-3-5-9-24)21-25-14-12-23(19-31)13-15-25/h6-7,10-11,16-18,23-25H,2-5,8-9,12-15,19-22,31H2,1H3. The molecule has 0 spiro atoms. The van der Waals surface area contributed by atoms with Gasteiger partial charge in [0.25, 0.3) is 0 Å². The monoisotopic (exact) mass is 445 g/mol. The van der Waals surface area contributed by atoms with E-state index in [-0.39, 0.29) is 0 Å². The molecule has 2 aliphatic rings. The van der Waals surface area contributed by atoms with Gasteiger partial charge in [-0.1, -0.05) is 43.5 Å². The first-order valence-corrected chi connectivity index (χ1v) is 13.7. The molecule has 5 rings (SSSR count). The summed E-state index contributed by atoms with van der Waals surface area (Å²) in [6.45, 7) is 7.79. The molecule has 2 fully saturated rings. The van der Waals surface area contributed by atoms with Crippen molar-refractivity contribution in [3.05, 3.63) is 48.0 Å². The number of para-hydroxylation sites is 1. The number of aryl methyl sites for hydroxylation is 1. The Bertz CT molecular complexity index is 1040. The highest BCUT2D eigenvalue weighted by molar-refractivity contribution is 6.08. The molecule has 0 aliphatic heterocycles. The first-order chi connectivity index (χ1) is 16.2. The molecular formula is C30H43N3. The zero-order valence-electron chi connectivity index (χ0n) is 20.6. The predicted molar refractivity (Wildman–Crippen MR) is 141 cm³/mol. The van der Waals surface area contributed by atoms with Crippen molar-refractivity contribution in [3.63, 3.8) is 0 Å². The summed E-state index contributed by atoms with van der Waals surface area (Å²) in [4.78, 5) is 2.82. The van der Waals surface area contributed by atoms with Crippen LogP contribution in [0.4, 0.5) is 0 Å². The third-order valence-corrected chi connectivity index (χ3v) is 8.62. The maximum Gasteiger partial charge on any atom is 0.0491 e. The molecular weight excluding hydrogens is 402 g/mol. The van der Waals surface area contributed by atoms with E-state index in [2.05, 4.69) is 58.9 Å². The van der Waals surface area contributed by atoms with E-state index in [4.69, 9.17) is 5.73 Å². The van der Waals surface area contributed by atoms with Gasteiger partial charge in [0, 0.05) is 48.0 Å². The van der Waals surface area contributed by atoms with E-state index in [1.54, 1.807) is 0 Å². The molecule has 2 aromatic carbocycles. The van der Waals surface area contributed by atoms with Crippen molar-refractivity contribution in [3.8, 4) is 0 Å². The summed E-state index contributed by atoms with van der Waals surface area (Å²) in [5.74, 6) is 2.51. The molecule has 178 valence electrons. The highest BCUT2D eigenvalue weighted by atomic mass is 15.1. The van der Waals surface area contributed by atoms with Gasteiger partial charge in [0.15, 0.2) is 0 Å². The van der Waals surface area contributed by atoms with Crippen LogP contribution in [0.5, 0.6) is 0 Å². The van der Waals surface area contributed by atoms with E-state index >= 15 is 0 Å². The molecule has 2 saturated carbocycles. The van der Waals surface area contributed by atoms with Gasteiger partial charge in [0.05, 0.1) is 0 Å². The zero-order chi connectivity index (χ0) is 22.6. The van der Waals surface area contributed by atoms with E-state index in [1.165, 1.54) is 98.2 Å². The molecule has 3 nitrogen and oxygen atoms in total. The quantitative estimate of drug-likeness (QED) is 0.406. The molecule has 3 heteroatoms. The van der Waals surface area contributed by atoms with Crippen LogP contribution in [0.1, 0.15) is 70.3 Å². The van der Waals surface area contributed by atoms with E-state index in [1.807, 2.05) is 0 Å². The lowest BCUT2D eigenvalue weighted by Gasteiger charge is -2.35. The van der Waals surface area contributed by atoms with Gasteiger partial charge in [-0.3, -0.25) is 4.90 Å². The molecule has 3 aromatic rings. The summed E-state index contributed by atoms with van der Waals surface area (Å²) in [5.41, 5.74) is 10.2. The van der Waals surface area contributed by atoms with Crippen LogP contribution in [-0.4, -0.2) is 29.1 Å². The van der Waals surface area contributed by atoms with Crippen LogP contribution < -0.4 is 5.73 Å². The number of fused-ring (bicyclic) bond motifs is 3. The van der Waals surface area contributed by atoms with Gasteiger partial charge in [0.2, 0.25) is 0 Å². The van der Waals surface area contributed by atoms with Crippen molar-refractivity contribution in [1.82, 2.24) is 9.47 Å². The van der Waals surface area contributed by atoms with E-state index < -0.39 is 0 Å². The Kier molecular flexibility index (Phi) is 7.37. The molecule has 1 heterocycles. The Morgan fingerprint density at radius 3 is 2.18 bits per heavy atom. The number of rotatable bonds is 8. The second-order valence-electron chi connectivity index (χ2n) is 10.9. The average Bonchev–Trinajstić information content (AvgIpc) is 3.18. The molecule has 0 saturated heterocycles. The average molecular weight is 446 g/mol. The predicted octanol–water partition coefficient (Wildman–Crippen LogP) is 6.96. The van der Waals surface area contributed by atoms with Gasteiger partial charge < -0.3 is 10.3 Å². The fraction of sp³-hybridized carbons (Fsp3) is 0.600. The second kappa shape index (κ2) is 10.6. The fourth-order valence-corrected chi connectivity index (χ4v) is 6.75. The number of hydrogen-bond donors (Lipinski definition) is 1. The van der Waals surface area contributed by atoms with Crippen LogP contribution in [0, 0.1) is 17.8 Å². The Labute approximate surface area is 200 Å². The summed E-state index contributed by atoms with van der Waals surface area (Å²) in [6, 6.07) is 16.2.